The van der Waals surface area contributed by atoms with Gasteiger partial charge in [0, 0.05) is 21.7 Å². The maximum absolute atomic E-state index is 12.4. The van der Waals surface area contributed by atoms with E-state index < -0.39 is 0 Å². The molecule has 6 nitrogen and oxygen atoms in total. The normalized spacial score (nSPS) is 11.0. The van der Waals surface area contributed by atoms with Crippen LogP contribution in [0.4, 0.5) is 0 Å². The van der Waals surface area contributed by atoms with Crippen molar-refractivity contribution in [2.75, 3.05) is 0 Å². The first kappa shape index (κ1) is 16.5. The van der Waals surface area contributed by atoms with Gasteiger partial charge in [-0.15, -0.1) is 0 Å². The summed E-state index contributed by atoms with van der Waals surface area (Å²) in [4.78, 5) is 21.2. The highest BCUT2D eigenvalue weighted by Gasteiger charge is 2.10. The van der Waals surface area contributed by atoms with Crippen LogP contribution in [0.25, 0.3) is 17.2 Å². The highest BCUT2D eigenvalue weighted by molar-refractivity contribution is 9.10. The molecule has 2 heterocycles. The fourth-order valence-electron chi connectivity index (χ4n) is 2.62. The maximum Gasteiger partial charge on any atom is 0.274 e. The molecule has 0 saturated heterocycles. The molecule has 0 saturated carbocycles. The van der Waals surface area contributed by atoms with Crippen molar-refractivity contribution in [3.8, 4) is 17.1 Å². The van der Waals surface area contributed by atoms with Gasteiger partial charge < -0.3 is 4.74 Å². The molecule has 0 aliphatic rings. The minimum Gasteiger partial charge on any atom is -0.487 e. The van der Waals surface area contributed by atoms with Gasteiger partial charge in [0.25, 0.3) is 11.3 Å². The van der Waals surface area contributed by atoms with E-state index in [-0.39, 0.29) is 12.2 Å². The Morgan fingerprint density at radius 3 is 2.73 bits per heavy atom. The Labute approximate surface area is 157 Å². The van der Waals surface area contributed by atoms with Crippen molar-refractivity contribution in [2.45, 2.75) is 13.5 Å². The summed E-state index contributed by atoms with van der Waals surface area (Å²) in [5.74, 6) is 1.66. The molecular weight excluding hydrogens is 396 g/mol. The summed E-state index contributed by atoms with van der Waals surface area (Å²) in [6.45, 7) is 2.15. The number of nitrogens with one attached hydrogen (secondary N) is 1. The molecule has 0 aliphatic heterocycles. The number of rotatable bonds is 4. The Bertz CT molecular complexity index is 1140. The largest absolute Gasteiger partial charge is 0.487 e. The maximum atomic E-state index is 12.4. The molecule has 4 rings (SSSR count). The summed E-state index contributed by atoms with van der Waals surface area (Å²) in [6, 6.07) is 16.8. The molecule has 26 heavy (non-hydrogen) atoms. The Balaban J connectivity index is 1.65. The Kier molecular flexibility index (Phi) is 4.30. The monoisotopic (exact) mass is 410 g/mol. The Morgan fingerprint density at radius 1 is 1.12 bits per heavy atom. The zero-order valence-corrected chi connectivity index (χ0v) is 15.5. The third-order valence-electron chi connectivity index (χ3n) is 4.02. The van der Waals surface area contributed by atoms with Crippen molar-refractivity contribution in [1.29, 1.82) is 0 Å². The van der Waals surface area contributed by atoms with Gasteiger partial charge in [0.05, 0.1) is 5.69 Å². The van der Waals surface area contributed by atoms with E-state index in [0.717, 1.165) is 21.3 Å². The molecule has 2 aromatic heterocycles. The van der Waals surface area contributed by atoms with E-state index in [9.17, 15) is 4.79 Å². The Hall–Kier alpha value is -2.93. The topological polar surface area (TPSA) is 72.3 Å². The molecule has 0 unspecified atom stereocenters. The van der Waals surface area contributed by atoms with E-state index in [2.05, 4.69) is 31.0 Å². The summed E-state index contributed by atoms with van der Waals surface area (Å²) in [6.07, 6.45) is 0. The SMILES string of the molecule is Cc1c(Br)cccc1OCc1cc(=O)n2[nH]c(-c3ccccc3)nc2n1. The molecular formula is C19H15BrN4O2. The summed E-state index contributed by atoms with van der Waals surface area (Å²) >= 11 is 3.48. The van der Waals surface area contributed by atoms with Crippen LogP contribution in [-0.2, 0) is 6.61 Å². The predicted molar refractivity (Wildman–Crippen MR) is 102 cm³/mol. The molecule has 0 atom stereocenters. The lowest BCUT2D eigenvalue weighted by Crippen LogP contribution is -2.16. The fourth-order valence-corrected chi connectivity index (χ4v) is 2.97. The molecule has 130 valence electrons. The second-order valence-corrected chi connectivity index (χ2v) is 6.67. The van der Waals surface area contributed by atoms with Gasteiger partial charge in [0.1, 0.15) is 12.4 Å². The number of aromatic amines is 1. The van der Waals surface area contributed by atoms with Crippen molar-refractivity contribution in [3.63, 3.8) is 0 Å². The number of halogens is 1. The molecule has 0 radical (unpaired) electrons. The number of hydrogen-bond acceptors (Lipinski definition) is 4. The first-order chi connectivity index (χ1) is 12.6. The zero-order valence-electron chi connectivity index (χ0n) is 13.9. The third-order valence-corrected chi connectivity index (χ3v) is 4.88. The summed E-state index contributed by atoms with van der Waals surface area (Å²) < 4.78 is 8.12. The zero-order chi connectivity index (χ0) is 18.1. The van der Waals surface area contributed by atoms with Crippen LogP contribution in [0.2, 0.25) is 0 Å². The lowest BCUT2D eigenvalue weighted by Gasteiger charge is -2.09. The summed E-state index contributed by atoms with van der Waals surface area (Å²) in [5, 5.41) is 2.98. The van der Waals surface area contributed by atoms with Gasteiger partial charge in [-0.2, -0.15) is 9.50 Å². The smallest absolute Gasteiger partial charge is 0.274 e. The van der Waals surface area contributed by atoms with Crippen LogP contribution in [0.3, 0.4) is 0 Å². The van der Waals surface area contributed by atoms with Crippen LogP contribution in [0.5, 0.6) is 5.75 Å². The van der Waals surface area contributed by atoms with Gasteiger partial charge in [0.15, 0.2) is 5.82 Å². The predicted octanol–water partition coefficient (Wildman–Crippen LogP) is 3.73. The van der Waals surface area contributed by atoms with Crippen LogP contribution in [-0.4, -0.2) is 19.6 Å². The second kappa shape index (κ2) is 6.76. The number of fused-ring (bicyclic) bond motifs is 1. The molecule has 7 heteroatoms. The molecule has 1 N–H and O–H groups in total. The minimum atomic E-state index is -0.228. The molecule has 0 bridgehead atoms. The van der Waals surface area contributed by atoms with Crippen LogP contribution < -0.4 is 10.3 Å². The lowest BCUT2D eigenvalue weighted by atomic mass is 10.2. The molecule has 0 fully saturated rings. The van der Waals surface area contributed by atoms with Crippen LogP contribution in [0.1, 0.15) is 11.3 Å². The second-order valence-electron chi connectivity index (χ2n) is 5.81. The molecule has 4 aromatic rings. The van der Waals surface area contributed by atoms with E-state index in [4.69, 9.17) is 4.74 Å². The number of ether oxygens (including phenoxy) is 1. The average Bonchev–Trinajstić information content (AvgIpc) is 3.08. The lowest BCUT2D eigenvalue weighted by molar-refractivity contribution is 0.299. The number of H-pyrrole nitrogens is 1. The van der Waals surface area contributed by atoms with Crippen molar-refractivity contribution >= 4 is 21.7 Å². The molecule has 0 amide bonds. The summed E-state index contributed by atoms with van der Waals surface area (Å²) in [5.41, 5.74) is 2.19. The van der Waals surface area contributed by atoms with Gasteiger partial charge in [-0.3, -0.25) is 9.89 Å². The minimum absolute atomic E-state index is 0.191. The quantitative estimate of drug-likeness (QED) is 0.556. The van der Waals surface area contributed by atoms with Crippen molar-refractivity contribution in [1.82, 2.24) is 19.6 Å². The van der Waals surface area contributed by atoms with Gasteiger partial charge >= 0.3 is 0 Å². The van der Waals surface area contributed by atoms with Gasteiger partial charge in [0.2, 0.25) is 0 Å². The van der Waals surface area contributed by atoms with Crippen LogP contribution >= 0.6 is 15.9 Å². The van der Waals surface area contributed by atoms with Gasteiger partial charge in [-0.1, -0.05) is 52.3 Å². The van der Waals surface area contributed by atoms with Crippen molar-refractivity contribution in [2.24, 2.45) is 0 Å². The number of nitrogens with zero attached hydrogens (tertiary/aromatic N) is 3. The highest BCUT2D eigenvalue weighted by Crippen LogP contribution is 2.26. The van der Waals surface area contributed by atoms with Gasteiger partial charge in [-0.05, 0) is 19.1 Å². The van der Waals surface area contributed by atoms with Gasteiger partial charge in [-0.25, -0.2) is 4.98 Å². The van der Waals surface area contributed by atoms with Crippen LogP contribution in [0, 0.1) is 6.92 Å². The molecule has 2 aromatic carbocycles. The fraction of sp³-hybridized carbons (Fsp3) is 0.105. The highest BCUT2D eigenvalue weighted by atomic mass is 79.9. The Morgan fingerprint density at radius 2 is 1.92 bits per heavy atom. The molecule has 0 aliphatic carbocycles. The number of benzene rings is 2. The summed E-state index contributed by atoms with van der Waals surface area (Å²) in [7, 11) is 0. The standard InChI is InChI=1S/C19H15BrN4O2/c1-12-15(20)8-5-9-16(12)26-11-14-10-17(25)24-19(21-14)22-18(23-24)13-6-3-2-4-7-13/h2-10H,11H2,1H3,(H,21,22,23). The first-order valence-electron chi connectivity index (χ1n) is 8.04. The number of aromatic nitrogens is 4. The number of hydrogen-bond donors (Lipinski definition) is 1. The van der Waals surface area contributed by atoms with E-state index in [1.807, 2.05) is 55.5 Å². The average molecular weight is 411 g/mol. The van der Waals surface area contributed by atoms with E-state index in [1.165, 1.54) is 10.6 Å². The molecule has 0 spiro atoms. The van der Waals surface area contributed by atoms with Crippen molar-refractivity contribution < 1.29 is 4.74 Å². The third kappa shape index (κ3) is 3.13. The van der Waals surface area contributed by atoms with Crippen LogP contribution in [0.15, 0.2) is 63.9 Å². The van der Waals surface area contributed by atoms with E-state index in [0.29, 0.717) is 17.3 Å². The van der Waals surface area contributed by atoms with Crippen molar-refractivity contribution in [3.05, 3.63) is 80.7 Å². The first-order valence-corrected chi connectivity index (χ1v) is 8.83. The van der Waals surface area contributed by atoms with E-state index in [1.54, 1.807) is 0 Å². The van der Waals surface area contributed by atoms with E-state index >= 15 is 0 Å².